The summed E-state index contributed by atoms with van der Waals surface area (Å²) in [6.45, 7) is 0. The summed E-state index contributed by atoms with van der Waals surface area (Å²) in [6.07, 6.45) is 15.7. The molecule has 2 aliphatic rings. The lowest BCUT2D eigenvalue weighted by molar-refractivity contribution is 0.612. The second-order valence-electron chi connectivity index (χ2n) is 11.2. The van der Waals surface area contributed by atoms with E-state index in [1.165, 1.54) is 16.8 Å². The third-order valence-electron chi connectivity index (χ3n) is 8.57. The smallest absolute Gasteiger partial charge is 0.145 e. The largest absolute Gasteiger partial charge is 0.314 e. The lowest BCUT2D eigenvalue weighted by Gasteiger charge is -2.36. The number of nitrogens with zero attached hydrogens (tertiary/aromatic N) is 3. The van der Waals surface area contributed by atoms with E-state index in [2.05, 4.69) is 173 Å². The molecule has 0 bridgehead atoms. The minimum Gasteiger partial charge on any atom is -0.314 e. The van der Waals surface area contributed by atoms with E-state index in [9.17, 15) is 0 Å². The Labute approximate surface area is 258 Å². The predicted octanol–water partition coefficient (Wildman–Crippen LogP) is 10.3. The van der Waals surface area contributed by atoms with Gasteiger partial charge in [0.2, 0.25) is 0 Å². The molecule has 5 aromatic carbocycles. The van der Waals surface area contributed by atoms with Crippen LogP contribution in [0.4, 0.5) is 11.4 Å². The maximum absolute atomic E-state index is 5.03. The second-order valence-corrected chi connectivity index (χ2v) is 11.2. The number of aromatic nitrogens is 2. The Kier molecular flexibility index (Phi) is 6.62. The van der Waals surface area contributed by atoms with E-state index in [4.69, 9.17) is 4.98 Å². The summed E-state index contributed by atoms with van der Waals surface area (Å²) in [5.74, 6) is 1.62. The minimum atomic E-state index is 0.303. The summed E-state index contributed by atoms with van der Waals surface area (Å²) in [5, 5.41) is 0. The molecule has 1 heterocycles. The molecule has 0 aliphatic heterocycles. The molecule has 2 unspecified atom stereocenters. The molecule has 210 valence electrons. The average molecular weight is 566 g/mol. The average Bonchev–Trinajstić information content (AvgIpc) is 3.50. The Balaban J connectivity index is 1.13. The first-order valence-corrected chi connectivity index (χ1v) is 15.2. The Morgan fingerprint density at radius 2 is 1.11 bits per heavy atom. The van der Waals surface area contributed by atoms with Crippen LogP contribution in [0, 0.1) is 11.8 Å². The number of allylic oxidation sites excluding steroid dienone is 7. The van der Waals surface area contributed by atoms with Gasteiger partial charge in [0.05, 0.1) is 11.0 Å². The number of para-hydroxylation sites is 4. The maximum Gasteiger partial charge on any atom is 0.145 e. The van der Waals surface area contributed by atoms with Crippen molar-refractivity contribution in [2.24, 2.45) is 11.8 Å². The molecule has 3 nitrogen and oxygen atoms in total. The molecular formula is C41H31N3. The summed E-state index contributed by atoms with van der Waals surface area (Å²) >= 11 is 0. The fraction of sp³-hybridized carbons (Fsp3) is 0.0488. The second kappa shape index (κ2) is 11.2. The molecule has 0 amide bonds. The SMILES string of the molecule is C1=CC2C=CC=C(N(c3ccccc3)c3ccc(-c4ccc(-c5nc6ccccc6n5-c5ccccc5)cc4)cc3)C2C=C1. The van der Waals surface area contributed by atoms with Crippen LogP contribution < -0.4 is 4.90 Å². The third-order valence-corrected chi connectivity index (χ3v) is 8.57. The highest BCUT2D eigenvalue weighted by Gasteiger charge is 2.28. The fourth-order valence-corrected chi connectivity index (χ4v) is 6.42. The maximum atomic E-state index is 5.03. The zero-order valence-corrected chi connectivity index (χ0v) is 24.2. The van der Waals surface area contributed by atoms with Crippen molar-refractivity contribution in [2.75, 3.05) is 4.90 Å². The van der Waals surface area contributed by atoms with E-state index >= 15 is 0 Å². The number of rotatable bonds is 6. The minimum absolute atomic E-state index is 0.303. The van der Waals surface area contributed by atoms with Crippen LogP contribution in [0.25, 0.3) is 39.2 Å². The molecule has 0 spiro atoms. The molecule has 3 heteroatoms. The Bertz CT molecular complexity index is 2040. The summed E-state index contributed by atoms with van der Waals surface area (Å²) in [4.78, 5) is 7.43. The van der Waals surface area contributed by atoms with Gasteiger partial charge < -0.3 is 4.90 Å². The van der Waals surface area contributed by atoms with Gasteiger partial charge in [0.15, 0.2) is 0 Å². The molecule has 2 aliphatic carbocycles. The zero-order chi connectivity index (χ0) is 29.3. The van der Waals surface area contributed by atoms with E-state index < -0.39 is 0 Å². The van der Waals surface area contributed by atoms with Crippen molar-refractivity contribution in [1.82, 2.24) is 9.55 Å². The monoisotopic (exact) mass is 565 g/mol. The molecule has 44 heavy (non-hydrogen) atoms. The third kappa shape index (κ3) is 4.69. The molecule has 0 fully saturated rings. The van der Waals surface area contributed by atoms with Crippen molar-refractivity contribution in [3.8, 4) is 28.2 Å². The van der Waals surface area contributed by atoms with Crippen molar-refractivity contribution >= 4 is 22.4 Å². The molecule has 2 atom stereocenters. The first kappa shape index (κ1) is 26.0. The topological polar surface area (TPSA) is 21.1 Å². The van der Waals surface area contributed by atoms with Crippen molar-refractivity contribution in [2.45, 2.75) is 0 Å². The summed E-state index contributed by atoms with van der Waals surface area (Å²) in [7, 11) is 0. The van der Waals surface area contributed by atoms with E-state index in [0.717, 1.165) is 39.5 Å². The van der Waals surface area contributed by atoms with Gasteiger partial charge in [0.25, 0.3) is 0 Å². The number of anilines is 2. The van der Waals surface area contributed by atoms with E-state index in [0.29, 0.717) is 11.8 Å². The van der Waals surface area contributed by atoms with E-state index in [-0.39, 0.29) is 0 Å². The molecule has 0 saturated carbocycles. The predicted molar refractivity (Wildman–Crippen MR) is 183 cm³/mol. The highest BCUT2D eigenvalue weighted by Crippen LogP contribution is 2.40. The highest BCUT2D eigenvalue weighted by atomic mass is 15.2. The number of hydrogen-bond acceptors (Lipinski definition) is 2. The van der Waals surface area contributed by atoms with Gasteiger partial charge in [-0.1, -0.05) is 121 Å². The quantitative estimate of drug-likeness (QED) is 0.200. The van der Waals surface area contributed by atoms with Gasteiger partial charge in [-0.25, -0.2) is 4.98 Å². The van der Waals surface area contributed by atoms with Crippen LogP contribution in [0.15, 0.2) is 182 Å². The van der Waals surface area contributed by atoms with Gasteiger partial charge in [-0.3, -0.25) is 4.57 Å². The van der Waals surface area contributed by atoms with Crippen molar-refractivity contribution in [3.63, 3.8) is 0 Å². The van der Waals surface area contributed by atoms with Crippen molar-refractivity contribution < 1.29 is 0 Å². The summed E-state index contributed by atoms with van der Waals surface area (Å²) in [6, 6.07) is 47.1. The Morgan fingerprint density at radius 1 is 0.523 bits per heavy atom. The number of hydrogen-bond donors (Lipinski definition) is 0. The lowest BCUT2D eigenvalue weighted by atomic mass is 9.82. The van der Waals surface area contributed by atoms with Gasteiger partial charge in [-0.15, -0.1) is 0 Å². The first-order chi connectivity index (χ1) is 21.8. The first-order valence-electron chi connectivity index (χ1n) is 15.2. The molecule has 1 aromatic heterocycles. The fourth-order valence-electron chi connectivity index (χ4n) is 6.42. The number of benzene rings is 5. The van der Waals surface area contributed by atoms with Gasteiger partial charge >= 0.3 is 0 Å². The van der Waals surface area contributed by atoms with Crippen molar-refractivity contribution in [1.29, 1.82) is 0 Å². The van der Waals surface area contributed by atoms with Crippen LogP contribution in [0.3, 0.4) is 0 Å². The molecule has 6 aromatic rings. The number of fused-ring (bicyclic) bond motifs is 2. The van der Waals surface area contributed by atoms with Crippen LogP contribution in [0.5, 0.6) is 0 Å². The van der Waals surface area contributed by atoms with Gasteiger partial charge in [-0.2, -0.15) is 0 Å². The molecule has 0 saturated heterocycles. The zero-order valence-electron chi connectivity index (χ0n) is 24.2. The normalized spacial score (nSPS) is 17.0. The summed E-state index contributed by atoms with van der Waals surface area (Å²) < 4.78 is 2.24. The van der Waals surface area contributed by atoms with E-state index in [1.807, 2.05) is 12.1 Å². The van der Waals surface area contributed by atoms with Gasteiger partial charge in [0.1, 0.15) is 5.82 Å². The van der Waals surface area contributed by atoms with Crippen LogP contribution in [-0.4, -0.2) is 9.55 Å². The van der Waals surface area contributed by atoms with Gasteiger partial charge in [-0.05, 0) is 65.7 Å². The highest BCUT2D eigenvalue weighted by molar-refractivity contribution is 5.84. The van der Waals surface area contributed by atoms with Crippen LogP contribution >= 0.6 is 0 Å². The van der Waals surface area contributed by atoms with Crippen molar-refractivity contribution in [3.05, 3.63) is 182 Å². The van der Waals surface area contributed by atoms with E-state index in [1.54, 1.807) is 0 Å². The standard InChI is InChI=1S/C41H31N3/c1-3-14-34(15-4-1)43(39-21-11-13-32-12-7-8-18-37(32)39)36-28-26-31(27-29-36)30-22-24-33(25-23-30)41-42-38-19-9-10-20-40(38)44(41)35-16-5-2-6-17-35/h1-29,32,37H. The Hall–Kier alpha value is -5.67. The summed E-state index contributed by atoms with van der Waals surface area (Å²) in [5.41, 5.74) is 10.2. The molecule has 0 N–H and O–H groups in total. The molecule has 0 radical (unpaired) electrons. The molecular weight excluding hydrogens is 534 g/mol. The van der Waals surface area contributed by atoms with Crippen LogP contribution in [0.1, 0.15) is 0 Å². The Morgan fingerprint density at radius 3 is 1.89 bits per heavy atom. The van der Waals surface area contributed by atoms with Crippen LogP contribution in [-0.2, 0) is 0 Å². The molecule has 8 rings (SSSR count). The van der Waals surface area contributed by atoms with Gasteiger partial charge in [0, 0.05) is 40.2 Å². The van der Waals surface area contributed by atoms with Crippen LogP contribution in [0.2, 0.25) is 0 Å². The lowest BCUT2D eigenvalue weighted by Crippen LogP contribution is -2.27. The number of imidazole rings is 1.